The van der Waals surface area contributed by atoms with Crippen molar-refractivity contribution in [1.82, 2.24) is 19.5 Å². The summed E-state index contributed by atoms with van der Waals surface area (Å²) in [7, 11) is 0. The number of rotatable bonds is 7. The number of hydrogen-bond acceptors (Lipinski definition) is 6. The number of H-pyrrole nitrogens is 1. The maximum Gasteiger partial charge on any atom is 0.332 e. The van der Waals surface area contributed by atoms with Crippen molar-refractivity contribution in [1.29, 1.82) is 0 Å². The zero-order chi connectivity index (χ0) is 19.3. The van der Waals surface area contributed by atoms with Gasteiger partial charge in [-0.1, -0.05) is 24.3 Å². The standard InChI is InChI=1S/C20H19N5O2S/c26-11-10-22-16-8-9-21-12-14(16)4-3-5-15-13-28-20(23-15)25-18-7-2-1-6-17(18)24-19(25)27/h1-4,6-9,12-13,26H,5,10-11H2,(H,21,22)(H,24,27)/b4-3+. The molecule has 0 aliphatic carbocycles. The highest BCUT2D eigenvalue weighted by Crippen LogP contribution is 2.20. The molecule has 0 saturated heterocycles. The second kappa shape index (κ2) is 8.20. The number of benzene rings is 1. The number of aliphatic hydroxyl groups excluding tert-OH is 1. The van der Waals surface area contributed by atoms with Crippen molar-refractivity contribution in [2.75, 3.05) is 18.5 Å². The number of aromatic nitrogens is 4. The van der Waals surface area contributed by atoms with Crippen LogP contribution < -0.4 is 11.0 Å². The molecular weight excluding hydrogens is 374 g/mol. The summed E-state index contributed by atoms with van der Waals surface area (Å²) in [5.41, 5.74) is 4.18. The third-order valence-electron chi connectivity index (χ3n) is 4.22. The summed E-state index contributed by atoms with van der Waals surface area (Å²) in [6.07, 6.45) is 8.11. The molecule has 0 aliphatic rings. The molecule has 28 heavy (non-hydrogen) atoms. The van der Waals surface area contributed by atoms with Crippen LogP contribution in [0.15, 0.2) is 59.0 Å². The topological polar surface area (TPSA) is 95.8 Å². The van der Waals surface area contributed by atoms with Gasteiger partial charge in [-0.2, -0.15) is 0 Å². The lowest BCUT2D eigenvalue weighted by Gasteiger charge is -2.07. The first kappa shape index (κ1) is 18.1. The van der Waals surface area contributed by atoms with Gasteiger partial charge in [-0.15, -0.1) is 11.3 Å². The van der Waals surface area contributed by atoms with Crippen LogP contribution in [0.1, 0.15) is 11.3 Å². The molecule has 3 heterocycles. The average Bonchev–Trinajstić information content (AvgIpc) is 3.30. The molecule has 1 aromatic carbocycles. The minimum absolute atomic E-state index is 0.0697. The second-order valence-corrected chi connectivity index (χ2v) is 6.96. The van der Waals surface area contributed by atoms with E-state index in [-0.39, 0.29) is 12.3 Å². The van der Waals surface area contributed by atoms with E-state index in [0.29, 0.717) is 18.1 Å². The first-order valence-corrected chi connectivity index (χ1v) is 9.74. The van der Waals surface area contributed by atoms with E-state index in [1.54, 1.807) is 17.0 Å². The van der Waals surface area contributed by atoms with Crippen LogP contribution in [0.3, 0.4) is 0 Å². The highest BCUT2D eigenvalue weighted by atomic mass is 32.1. The van der Waals surface area contributed by atoms with Crippen molar-refractivity contribution in [3.8, 4) is 5.13 Å². The highest BCUT2D eigenvalue weighted by Gasteiger charge is 2.11. The fraction of sp³-hybridized carbons (Fsp3) is 0.150. The zero-order valence-corrected chi connectivity index (χ0v) is 15.8. The van der Waals surface area contributed by atoms with Gasteiger partial charge in [0.05, 0.1) is 23.3 Å². The van der Waals surface area contributed by atoms with Crippen molar-refractivity contribution in [3.63, 3.8) is 0 Å². The molecule has 0 bridgehead atoms. The number of nitrogens with one attached hydrogen (secondary N) is 2. The normalized spacial score (nSPS) is 11.5. The molecule has 3 N–H and O–H groups in total. The number of pyridine rings is 1. The molecule has 0 amide bonds. The summed E-state index contributed by atoms with van der Waals surface area (Å²) in [6.45, 7) is 0.556. The second-order valence-electron chi connectivity index (χ2n) is 6.12. The number of thiazole rings is 1. The Hall–Kier alpha value is -3.23. The van der Waals surface area contributed by atoms with E-state index in [2.05, 4.69) is 20.3 Å². The lowest BCUT2D eigenvalue weighted by atomic mass is 10.2. The summed E-state index contributed by atoms with van der Waals surface area (Å²) in [5.74, 6) is 0. The number of imidazole rings is 1. The number of aliphatic hydroxyl groups is 1. The van der Waals surface area contributed by atoms with Crippen LogP contribution in [0.4, 0.5) is 5.69 Å². The SMILES string of the molecule is O=c1[nH]c2ccccc2n1-c1nc(C/C=C/c2cnccc2NCCO)cs1. The first-order valence-electron chi connectivity index (χ1n) is 8.86. The Morgan fingerprint density at radius 1 is 1.29 bits per heavy atom. The molecule has 0 radical (unpaired) electrons. The van der Waals surface area contributed by atoms with Crippen molar-refractivity contribution in [2.24, 2.45) is 0 Å². The van der Waals surface area contributed by atoms with Gasteiger partial charge in [-0.3, -0.25) is 4.98 Å². The molecular formula is C20H19N5O2S. The molecule has 0 saturated carbocycles. The number of nitrogens with zero attached hydrogens (tertiary/aromatic N) is 3. The number of aromatic amines is 1. The molecule has 3 aromatic heterocycles. The predicted octanol–water partition coefficient (Wildman–Crippen LogP) is 2.83. The van der Waals surface area contributed by atoms with E-state index in [1.807, 2.05) is 47.9 Å². The maximum absolute atomic E-state index is 12.3. The van der Waals surface area contributed by atoms with Gasteiger partial charge < -0.3 is 15.4 Å². The quantitative estimate of drug-likeness (QED) is 0.449. The Balaban J connectivity index is 1.52. The van der Waals surface area contributed by atoms with Gasteiger partial charge in [0.2, 0.25) is 0 Å². The van der Waals surface area contributed by atoms with Gasteiger partial charge >= 0.3 is 5.69 Å². The Labute approximate surface area is 165 Å². The van der Waals surface area contributed by atoms with Crippen LogP contribution in [0.5, 0.6) is 0 Å². The van der Waals surface area contributed by atoms with Gasteiger partial charge in [-0.05, 0) is 18.2 Å². The van der Waals surface area contributed by atoms with E-state index < -0.39 is 0 Å². The molecule has 4 rings (SSSR count). The number of allylic oxidation sites excluding steroid dienone is 1. The van der Waals surface area contributed by atoms with Crippen molar-refractivity contribution in [2.45, 2.75) is 6.42 Å². The Morgan fingerprint density at radius 3 is 3.07 bits per heavy atom. The molecule has 4 aromatic rings. The predicted molar refractivity (Wildman–Crippen MR) is 112 cm³/mol. The molecule has 0 spiro atoms. The summed E-state index contributed by atoms with van der Waals surface area (Å²) in [4.78, 5) is 23.9. The third-order valence-corrected chi connectivity index (χ3v) is 5.10. The molecule has 142 valence electrons. The fourth-order valence-corrected chi connectivity index (χ4v) is 3.78. The Kier molecular flexibility index (Phi) is 5.31. The average molecular weight is 393 g/mol. The molecule has 0 unspecified atom stereocenters. The number of fused-ring (bicyclic) bond motifs is 1. The Bertz CT molecular complexity index is 1170. The zero-order valence-electron chi connectivity index (χ0n) is 15.0. The molecule has 8 heteroatoms. The first-order chi connectivity index (χ1) is 13.8. The van der Waals surface area contributed by atoms with Gasteiger partial charge in [0, 0.05) is 42.0 Å². The number of hydrogen-bond donors (Lipinski definition) is 3. The van der Waals surface area contributed by atoms with Gasteiger partial charge in [0.25, 0.3) is 0 Å². The van der Waals surface area contributed by atoms with Crippen LogP contribution in [0.25, 0.3) is 22.2 Å². The monoisotopic (exact) mass is 393 g/mol. The lowest BCUT2D eigenvalue weighted by molar-refractivity contribution is 0.311. The van der Waals surface area contributed by atoms with E-state index >= 15 is 0 Å². The lowest BCUT2D eigenvalue weighted by Crippen LogP contribution is -2.14. The summed E-state index contributed by atoms with van der Waals surface area (Å²) < 4.78 is 1.60. The third kappa shape index (κ3) is 3.73. The van der Waals surface area contributed by atoms with Gasteiger partial charge in [0.1, 0.15) is 0 Å². The number of para-hydroxylation sites is 2. The smallest absolute Gasteiger partial charge is 0.332 e. The Morgan fingerprint density at radius 2 is 2.18 bits per heavy atom. The summed E-state index contributed by atoms with van der Waals surface area (Å²) in [5, 5.41) is 14.8. The largest absolute Gasteiger partial charge is 0.395 e. The van der Waals surface area contributed by atoms with Gasteiger partial charge in [0.15, 0.2) is 5.13 Å². The summed E-state index contributed by atoms with van der Waals surface area (Å²) >= 11 is 1.44. The van der Waals surface area contributed by atoms with Crippen molar-refractivity contribution < 1.29 is 5.11 Å². The van der Waals surface area contributed by atoms with E-state index in [4.69, 9.17) is 5.11 Å². The van der Waals surface area contributed by atoms with E-state index in [0.717, 1.165) is 28.0 Å². The van der Waals surface area contributed by atoms with Crippen LogP contribution in [-0.2, 0) is 6.42 Å². The highest BCUT2D eigenvalue weighted by molar-refractivity contribution is 7.12. The van der Waals surface area contributed by atoms with Crippen LogP contribution in [0, 0.1) is 0 Å². The summed E-state index contributed by atoms with van der Waals surface area (Å²) in [6, 6.07) is 9.44. The van der Waals surface area contributed by atoms with Crippen LogP contribution in [-0.4, -0.2) is 37.8 Å². The van der Waals surface area contributed by atoms with Crippen LogP contribution >= 0.6 is 11.3 Å². The van der Waals surface area contributed by atoms with Gasteiger partial charge in [-0.25, -0.2) is 14.3 Å². The molecule has 7 nitrogen and oxygen atoms in total. The number of anilines is 1. The minimum Gasteiger partial charge on any atom is -0.395 e. The molecule has 0 aliphatic heterocycles. The fourth-order valence-electron chi connectivity index (χ4n) is 2.94. The van der Waals surface area contributed by atoms with Crippen molar-refractivity contribution in [3.05, 3.63) is 75.9 Å². The maximum atomic E-state index is 12.3. The molecule has 0 fully saturated rings. The van der Waals surface area contributed by atoms with E-state index in [1.165, 1.54) is 11.3 Å². The van der Waals surface area contributed by atoms with Crippen LogP contribution in [0.2, 0.25) is 0 Å². The van der Waals surface area contributed by atoms with Crippen molar-refractivity contribution >= 4 is 34.1 Å². The van der Waals surface area contributed by atoms with E-state index in [9.17, 15) is 4.79 Å². The molecule has 0 atom stereocenters. The minimum atomic E-state index is -0.187.